The van der Waals surface area contributed by atoms with Crippen molar-refractivity contribution in [1.82, 2.24) is 4.98 Å². The van der Waals surface area contributed by atoms with Crippen LogP contribution in [0.1, 0.15) is 29.9 Å². The fourth-order valence-electron chi connectivity index (χ4n) is 1.88. The second kappa shape index (κ2) is 6.83. The van der Waals surface area contributed by atoms with E-state index in [4.69, 9.17) is 0 Å². The van der Waals surface area contributed by atoms with Crippen LogP contribution in [0.4, 0.5) is 11.5 Å². The predicted molar refractivity (Wildman–Crippen MR) is 76.9 cm³/mol. The summed E-state index contributed by atoms with van der Waals surface area (Å²) in [5.74, 6) is -2.68. The zero-order valence-corrected chi connectivity index (χ0v) is 12.6. The third-order valence-electron chi connectivity index (χ3n) is 2.93. The number of carboxylic acids is 1. The van der Waals surface area contributed by atoms with E-state index in [1.165, 1.54) is 13.0 Å². The highest BCUT2D eigenvalue weighted by molar-refractivity contribution is 5.96. The van der Waals surface area contributed by atoms with Gasteiger partial charge >= 0.3 is 17.6 Å². The minimum Gasteiger partial charge on any atom is -0.480 e. The van der Waals surface area contributed by atoms with E-state index < -0.39 is 28.6 Å². The summed E-state index contributed by atoms with van der Waals surface area (Å²) in [7, 11) is 1.10. The average Bonchev–Trinajstić information content (AvgIpc) is 2.41. The molecule has 1 rings (SSSR count). The Morgan fingerprint density at radius 3 is 2.45 bits per heavy atom. The van der Waals surface area contributed by atoms with Crippen LogP contribution in [0.2, 0.25) is 0 Å². The molecule has 2 N–H and O–H groups in total. The lowest BCUT2D eigenvalue weighted by molar-refractivity contribution is -0.384. The van der Waals surface area contributed by atoms with E-state index >= 15 is 0 Å². The van der Waals surface area contributed by atoms with Gasteiger partial charge in [-0.05, 0) is 18.9 Å². The molecule has 120 valence electrons. The Kier molecular flexibility index (Phi) is 5.39. The molecule has 9 heteroatoms. The molecule has 0 aromatic carbocycles. The van der Waals surface area contributed by atoms with Crippen LogP contribution in [0, 0.1) is 23.0 Å². The van der Waals surface area contributed by atoms with Gasteiger partial charge in [-0.3, -0.25) is 10.1 Å². The maximum absolute atomic E-state index is 11.7. The number of nitrogens with zero attached hydrogens (tertiary/aromatic N) is 2. The number of aromatic nitrogens is 1. The van der Waals surface area contributed by atoms with Gasteiger partial charge in [-0.2, -0.15) is 0 Å². The number of methoxy groups -OCH3 is 1. The molecule has 0 aliphatic heterocycles. The molecule has 0 bridgehead atoms. The molecule has 1 heterocycles. The Labute approximate surface area is 126 Å². The first-order valence-corrected chi connectivity index (χ1v) is 6.42. The van der Waals surface area contributed by atoms with Gasteiger partial charge in [-0.25, -0.2) is 14.6 Å². The first-order valence-electron chi connectivity index (χ1n) is 6.42. The van der Waals surface area contributed by atoms with Crippen LogP contribution >= 0.6 is 0 Å². The lowest BCUT2D eigenvalue weighted by Crippen LogP contribution is -2.35. The van der Waals surface area contributed by atoms with Gasteiger partial charge in [-0.15, -0.1) is 0 Å². The minimum absolute atomic E-state index is 0.272. The molecule has 0 radical (unpaired) electrons. The van der Waals surface area contributed by atoms with Crippen LogP contribution in [-0.2, 0) is 9.53 Å². The van der Waals surface area contributed by atoms with Crippen molar-refractivity contribution in [3.63, 3.8) is 0 Å². The van der Waals surface area contributed by atoms with E-state index in [1.54, 1.807) is 13.8 Å². The van der Waals surface area contributed by atoms with Crippen LogP contribution in [0.5, 0.6) is 0 Å². The number of aliphatic carboxylic acids is 1. The number of anilines is 1. The largest absolute Gasteiger partial charge is 0.480 e. The number of hydrogen-bond acceptors (Lipinski definition) is 7. The van der Waals surface area contributed by atoms with Gasteiger partial charge in [0.25, 0.3) is 0 Å². The van der Waals surface area contributed by atoms with Gasteiger partial charge < -0.3 is 15.2 Å². The maximum atomic E-state index is 11.7. The zero-order chi connectivity index (χ0) is 17.0. The number of hydrogen-bond donors (Lipinski definition) is 2. The SMILES string of the molecule is COC(=O)c1cc(C)nc(N[C@H](C(=O)O)C(C)C)c1[N+](=O)[O-]. The normalized spacial score (nSPS) is 11.9. The van der Waals surface area contributed by atoms with Crippen molar-refractivity contribution < 1.29 is 24.4 Å². The molecule has 1 aromatic rings. The number of carbonyl (C=O) groups excluding carboxylic acids is 1. The zero-order valence-electron chi connectivity index (χ0n) is 12.6. The van der Waals surface area contributed by atoms with Gasteiger partial charge in [0.1, 0.15) is 11.6 Å². The maximum Gasteiger partial charge on any atom is 0.345 e. The van der Waals surface area contributed by atoms with Crippen molar-refractivity contribution in [3.8, 4) is 0 Å². The monoisotopic (exact) mass is 311 g/mol. The van der Waals surface area contributed by atoms with Crippen LogP contribution in [0.15, 0.2) is 6.07 Å². The second-order valence-corrected chi connectivity index (χ2v) is 4.96. The van der Waals surface area contributed by atoms with E-state index in [9.17, 15) is 24.8 Å². The van der Waals surface area contributed by atoms with Gasteiger partial charge in [0, 0.05) is 5.69 Å². The van der Waals surface area contributed by atoms with E-state index in [0.717, 1.165) is 7.11 Å². The predicted octanol–water partition coefficient (Wildman–Crippen LogP) is 1.61. The van der Waals surface area contributed by atoms with E-state index in [1.807, 2.05) is 0 Å². The molecule has 0 fully saturated rings. The average molecular weight is 311 g/mol. The van der Waals surface area contributed by atoms with Gasteiger partial charge in [0.2, 0.25) is 5.82 Å². The molecular formula is C13H17N3O6. The summed E-state index contributed by atoms with van der Waals surface area (Å²) in [6.07, 6.45) is 0. The number of pyridine rings is 1. The molecule has 9 nitrogen and oxygen atoms in total. The molecule has 0 unspecified atom stereocenters. The van der Waals surface area contributed by atoms with Gasteiger partial charge in [0.15, 0.2) is 0 Å². The van der Waals surface area contributed by atoms with Crippen molar-refractivity contribution in [3.05, 3.63) is 27.4 Å². The standard InChI is InChI=1S/C13H17N3O6/c1-6(2)9(12(17)18)15-11-10(16(20)21)8(13(19)22-4)5-7(3)14-11/h5-6,9H,1-4H3,(H,14,15)(H,17,18)/t9-/m0/s1. The van der Waals surface area contributed by atoms with Crippen molar-refractivity contribution in [2.45, 2.75) is 26.8 Å². The highest BCUT2D eigenvalue weighted by atomic mass is 16.6. The topological polar surface area (TPSA) is 132 Å². The number of ether oxygens (including phenoxy) is 1. The Balaban J connectivity index is 3.46. The second-order valence-electron chi connectivity index (χ2n) is 4.96. The summed E-state index contributed by atoms with van der Waals surface area (Å²) < 4.78 is 4.52. The number of carbonyl (C=O) groups is 2. The van der Waals surface area contributed by atoms with Crippen LogP contribution < -0.4 is 5.32 Å². The highest BCUT2D eigenvalue weighted by Crippen LogP contribution is 2.29. The molecule has 0 aliphatic rings. The van der Waals surface area contributed by atoms with Crippen molar-refractivity contribution >= 4 is 23.4 Å². The molecular weight excluding hydrogens is 294 g/mol. The minimum atomic E-state index is -1.17. The highest BCUT2D eigenvalue weighted by Gasteiger charge is 2.31. The number of esters is 1. The van der Waals surface area contributed by atoms with Crippen LogP contribution in [0.3, 0.4) is 0 Å². The Bertz CT molecular complexity index is 614. The third kappa shape index (κ3) is 3.68. The van der Waals surface area contributed by atoms with Gasteiger partial charge in [0.05, 0.1) is 12.0 Å². The molecule has 0 aliphatic carbocycles. The Morgan fingerprint density at radius 1 is 1.45 bits per heavy atom. The van der Waals surface area contributed by atoms with Crippen LogP contribution in [-0.4, -0.2) is 40.1 Å². The molecule has 0 spiro atoms. The quantitative estimate of drug-likeness (QED) is 0.460. The first kappa shape index (κ1) is 17.3. The molecule has 0 saturated heterocycles. The van der Waals surface area contributed by atoms with E-state index in [-0.39, 0.29) is 17.3 Å². The molecule has 0 saturated carbocycles. The summed E-state index contributed by atoms with van der Waals surface area (Å²) in [6, 6.07) is 0.138. The van der Waals surface area contributed by atoms with E-state index in [2.05, 4.69) is 15.0 Å². The summed E-state index contributed by atoms with van der Waals surface area (Å²) in [4.78, 5) is 37.4. The summed E-state index contributed by atoms with van der Waals surface area (Å²) in [6.45, 7) is 4.83. The van der Waals surface area contributed by atoms with Crippen molar-refractivity contribution in [2.24, 2.45) is 5.92 Å². The lowest BCUT2D eigenvalue weighted by Gasteiger charge is -2.19. The Morgan fingerprint density at radius 2 is 2.05 bits per heavy atom. The van der Waals surface area contributed by atoms with Crippen molar-refractivity contribution in [1.29, 1.82) is 0 Å². The molecule has 0 amide bonds. The molecule has 1 aromatic heterocycles. The number of aryl methyl sites for hydroxylation is 1. The number of nitro groups is 1. The summed E-state index contributed by atoms with van der Waals surface area (Å²) in [5, 5.41) is 23.0. The molecule has 22 heavy (non-hydrogen) atoms. The number of carboxylic acid groups (broad SMARTS) is 1. The fourth-order valence-corrected chi connectivity index (χ4v) is 1.88. The Hall–Kier alpha value is -2.71. The number of rotatable bonds is 6. The van der Waals surface area contributed by atoms with Gasteiger partial charge in [-0.1, -0.05) is 13.8 Å². The van der Waals surface area contributed by atoms with Crippen LogP contribution in [0.25, 0.3) is 0 Å². The lowest BCUT2D eigenvalue weighted by atomic mass is 10.0. The number of nitrogens with one attached hydrogen (secondary N) is 1. The smallest absolute Gasteiger partial charge is 0.345 e. The van der Waals surface area contributed by atoms with E-state index in [0.29, 0.717) is 5.69 Å². The summed E-state index contributed by atoms with van der Waals surface area (Å²) in [5.41, 5.74) is -0.568. The summed E-state index contributed by atoms with van der Waals surface area (Å²) >= 11 is 0. The molecule has 1 atom stereocenters. The fraction of sp³-hybridized carbons (Fsp3) is 0.462. The third-order valence-corrected chi connectivity index (χ3v) is 2.93. The first-order chi connectivity index (χ1) is 10.2. The van der Waals surface area contributed by atoms with Crippen molar-refractivity contribution in [2.75, 3.05) is 12.4 Å².